The van der Waals surface area contributed by atoms with E-state index in [2.05, 4.69) is 20.8 Å². The minimum absolute atomic E-state index is 0.0615. The van der Waals surface area contributed by atoms with Crippen LogP contribution in [0.4, 0.5) is 0 Å². The van der Waals surface area contributed by atoms with Crippen molar-refractivity contribution in [1.29, 1.82) is 0 Å². The van der Waals surface area contributed by atoms with Gasteiger partial charge in [-0.15, -0.1) is 5.10 Å². The zero-order chi connectivity index (χ0) is 15.9. The fourth-order valence-corrected chi connectivity index (χ4v) is 4.21. The number of hydrogen-bond donors (Lipinski definition) is 1. The molecule has 2 heterocycles. The van der Waals surface area contributed by atoms with Crippen molar-refractivity contribution in [3.8, 4) is 0 Å². The molecule has 0 aliphatic heterocycles. The quantitative estimate of drug-likeness (QED) is 0.926. The maximum Gasteiger partial charge on any atom is 0.253 e. The van der Waals surface area contributed by atoms with Crippen molar-refractivity contribution in [1.82, 2.24) is 25.4 Å². The van der Waals surface area contributed by atoms with Crippen LogP contribution < -0.4 is 5.32 Å². The standard InChI is InChI=1S/C16H21N5O2/c1-2-23-13-9-12(16(13)7-3-4-8-16)17-15(22)11-5-6-14-18-19-20-21(14)10-11/h5-6,10,12-13H,2-4,7-9H2,1H3,(H,17,22). The van der Waals surface area contributed by atoms with E-state index in [9.17, 15) is 4.79 Å². The van der Waals surface area contributed by atoms with Gasteiger partial charge in [0.15, 0.2) is 5.65 Å². The number of carbonyl (C=O) groups excluding carboxylic acids is 1. The lowest BCUT2D eigenvalue weighted by molar-refractivity contribution is -0.127. The average molecular weight is 315 g/mol. The molecule has 2 aliphatic rings. The predicted molar refractivity (Wildman–Crippen MR) is 83.0 cm³/mol. The number of hydrogen-bond acceptors (Lipinski definition) is 5. The van der Waals surface area contributed by atoms with Crippen molar-refractivity contribution in [2.24, 2.45) is 5.41 Å². The Balaban J connectivity index is 1.50. The lowest BCUT2D eigenvalue weighted by Crippen LogP contribution is -2.63. The summed E-state index contributed by atoms with van der Waals surface area (Å²) in [6, 6.07) is 3.73. The first-order valence-corrected chi connectivity index (χ1v) is 8.33. The second-order valence-corrected chi connectivity index (χ2v) is 6.55. The molecule has 2 fully saturated rings. The number of carbonyl (C=O) groups is 1. The van der Waals surface area contributed by atoms with E-state index in [-0.39, 0.29) is 17.4 Å². The minimum atomic E-state index is -0.0615. The summed E-state index contributed by atoms with van der Waals surface area (Å²) in [6.45, 7) is 2.78. The molecule has 2 atom stereocenters. The Bertz CT molecular complexity index is 722. The normalized spacial score (nSPS) is 25.6. The van der Waals surface area contributed by atoms with E-state index in [0.29, 0.717) is 17.3 Å². The highest BCUT2D eigenvalue weighted by molar-refractivity contribution is 5.94. The van der Waals surface area contributed by atoms with Crippen LogP contribution in [0.1, 0.15) is 49.4 Å². The molecule has 2 saturated carbocycles. The smallest absolute Gasteiger partial charge is 0.253 e. The van der Waals surface area contributed by atoms with E-state index in [1.807, 2.05) is 6.92 Å². The van der Waals surface area contributed by atoms with Gasteiger partial charge in [0, 0.05) is 24.3 Å². The third-order valence-corrected chi connectivity index (χ3v) is 5.45. The Morgan fingerprint density at radius 2 is 2.26 bits per heavy atom. The van der Waals surface area contributed by atoms with Crippen molar-refractivity contribution in [3.63, 3.8) is 0 Å². The summed E-state index contributed by atoms with van der Waals surface area (Å²) >= 11 is 0. The van der Waals surface area contributed by atoms with E-state index < -0.39 is 0 Å². The average Bonchev–Trinajstić information content (AvgIpc) is 3.23. The van der Waals surface area contributed by atoms with Crippen LogP contribution >= 0.6 is 0 Å². The van der Waals surface area contributed by atoms with Crippen LogP contribution in [-0.4, -0.2) is 44.7 Å². The summed E-state index contributed by atoms with van der Waals surface area (Å²) in [4.78, 5) is 12.6. The highest BCUT2D eigenvalue weighted by Crippen LogP contribution is 2.54. The number of pyridine rings is 1. The highest BCUT2D eigenvalue weighted by Gasteiger charge is 2.57. The van der Waals surface area contributed by atoms with Crippen molar-refractivity contribution in [2.75, 3.05) is 6.61 Å². The van der Waals surface area contributed by atoms with Gasteiger partial charge in [-0.1, -0.05) is 12.8 Å². The molecule has 0 aromatic carbocycles. The number of nitrogens with zero attached hydrogens (tertiary/aromatic N) is 4. The van der Waals surface area contributed by atoms with Crippen LogP contribution in [0.5, 0.6) is 0 Å². The Morgan fingerprint density at radius 3 is 3.04 bits per heavy atom. The molecule has 0 bridgehead atoms. The lowest BCUT2D eigenvalue weighted by atomic mass is 9.60. The van der Waals surface area contributed by atoms with Crippen LogP contribution in [0, 0.1) is 5.41 Å². The number of rotatable bonds is 4. The molecule has 0 saturated heterocycles. The molecule has 4 rings (SSSR count). The Labute approximate surface area is 134 Å². The van der Waals surface area contributed by atoms with Gasteiger partial charge in [-0.05, 0) is 48.7 Å². The predicted octanol–water partition coefficient (Wildman–Crippen LogP) is 1.59. The first-order chi connectivity index (χ1) is 11.2. The Morgan fingerprint density at radius 1 is 1.43 bits per heavy atom. The molecule has 2 aromatic rings. The Kier molecular flexibility index (Phi) is 3.52. The monoisotopic (exact) mass is 315 g/mol. The van der Waals surface area contributed by atoms with Gasteiger partial charge in [0.05, 0.1) is 11.7 Å². The third kappa shape index (κ3) is 2.30. The number of aromatic nitrogens is 4. The maximum atomic E-state index is 12.6. The summed E-state index contributed by atoms with van der Waals surface area (Å²) in [5, 5.41) is 14.5. The van der Waals surface area contributed by atoms with E-state index in [1.54, 1.807) is 18.3 Å². The van der Waals surface area contributed by atoms with E-state index >= 15 is 0 Å². The number of ether oxygens (including phenoxy) is 1. The minimum Gasteiger partial charge on any atom is -0.378 e. The molecule has 23 heavy (non-hydrogen) atoms. The third-order valence-electron chi connectivity index (χ3n) is 5.45. The van der Waals surface area contributed by atoms with Crippen molar-refractivity contribution < 1.29 is 9.53 Å². The first-order valence-electron chi connectivity index (χ1n) is 8.33. The lowest BCUT2D eigenvalue weighted by Gasteiger charge is -2.54. The molecule has 2 unspecified atom stereocenters. The van der Waals surface area contributed by atoms with Gasteiger partial charge in [0.1, 0.15) is 0 Å². The largest absolute Gasteiger partial charge is 0.378 e. The van der Waals surface area contributed by atoms with Crippen LogP contribution in [-0.2, 0) is 4.74 Å². The van der Waals surface area contributed by atoms with Crippen LogP contribution in [0.3, 0.4) is 0 Å². The van der Waals surface area contributed by atoms with Crippen LogP contribution in [0.25, 0.3) is 5.65 Å². The van der Waals surface area contributed by atoms with Gasteiger partial charge in [-0.25, -0.2) is 0 Å². The second kappa shape index (κ2) is 5.56. The van der Waals surface area contributed by atoms with Gasteiger partial charge in [0.2, 0.25) is 0 Å². The molecule has 122 valence electrons. The van der Waals surface area contributed by atoms with Crippen LogP contribution in [0.2, 0.25) is 0 Å². The fraction of sp³-hybridized carbons (Fsp3) is 0.625. The van der Waals surface area contributed by atoms with Crippen molar-refractivity contribution in [3.05, 3.63) is 23.9 Å². The zero-order valence-corrected chi connectivity index (χ0v) is 13.2. The molecule has 7 nitrogen and oxygen atoms in total. The highest BCUT2D eigenvalue weighted by atomic mass is 16.5. The summed E-state index contributed by atoms with van der Waals surface area (Å²) in [5.41, 5.74) is 1.36. The topological polar surface area (TPSA) is 81.4 Å². The molecule has 7 heteroatoms. The van der Waals surface area contributed by atoms with E-state index in [4.69, 9.17) is 4.74 Å². The van der Waals surface area contributed by atoms with Gasteiger partial charge < -0.3 is 10.1 Å². The van der Waals surface area contributed by atoms with Crippen molar-refractivity contribution >= 4 is 11.6 Å². The number of fused-ring (bicyclic) bond motifs is 1. The zero-order valence-electron chi connectivity index (χ0n) is 13.2. The van der Waals surface area contributed by atoms with Gasteiger partial charge >= 0.3 is 0 Å². The molecule has 0 radical (unpaired) electrons. The number of tetrazole rings is 1. The molecular formula is C16H21N5O2. The van der Waals surface area contributed by atoms with E-state index in [1.165, 1.54) is 17.4 Å². The Hall–Kier alpha value is -2.02. The maximum absolute atomic E-state index is 12.6. The molecule has 2 aromatic heterocycles. The number of amides is 1. The first kappa shape index (κ1) is 14.6. The van der Waals surface area contributed by atoms with Crippen molar-refractivity contribution in [2.45, 2.75) is 51.2 Å². The number of nitrogens with one attached hydrogen (secondary N) is 1. The van der Waals surface area contributed by atoms with Gasteiger partial charge in [-0.2, -0.15) is 4.52 Å². The summed E-state index contributed by atoms with van der Waals surface area (Å²) in [6.07, 6.45) is 7.63. The molecule has 2 aliphatic carbocycles. The SMILES string of the molecule is CCOC1CC(NC(=O)c2ccc3nnnn3c2)C12CCCC2. The van der Waals surface area contributed by atoms with E-state index in [0.717, 1.165) is 25.9 Å². The molecule has 1 amide bonds. The molecular weight excluding hydrogens is 294 g/mol. The summed E-state index contributed by atoms with van der Waals surface area (Å²) in [7, 11) is 0. The fourth-order valence-electron chi connectivity index (χ4n) is 4.21. The second-order valence-electron chi connectivity index (χ2n) is 6.55. The van der Waals surface area contributed by atoms with Gasteiger partial charge in [0.25, 0.3) is 5.91 Å². The molecule has 1 spiro atoms. The summed E-state index contributed by atoms with van der Waals surface area (Å²) in [5.74, 6) is -0.0615. The van der Waals surface area contributed by atoms with Gasteiger partial charge in [-0.3, -0.25) is 4.79 Å². The summed E-state index contributed by atoms with van der Waals surface area (Å²) < 4.78 is 7.42. The molecule has 1 N–H and O–H groups in total. The van der Waals surface area contributed by atoms with Crippen LogP contribution in [0.15, 0.2) is 18.3 Å².